The van der Waals surface area contributed by atoms with E-state index in [2.05, 4.69) is 47.5 Å². The fourth-order valence-corrected chi connectivity index (χ4v) is 4.20. The van der Waals surface area contributed by atoms with Gasteiger partial charge in [-0.05, 0) is 56.4 Å². The van der Waals surface area contributed by atoms with E-state index in [-0.39, 0.29) is 5.91 Å². The summed E-state index contributed by atoms with van der Waals surface area (Å²) in [6, 6.07) is 16.7. The van der Waals surface area contributed by atoms with E-state index in [1.54, 1.807) is 7.11 Å². The lowest BCUT2D eigenvalue weighted by molar-refractivity contribution is 0.0950. The normalized spacial score (nSPS) is 19.0. The van der Waals surface area contributed by atoms with Crippen LogP contribution in [0.25, 0.3) is 0 Å². The van der Waals surface area contributed by atoms with Crippen LogP contribution in [0.15, 0.2) is 48.5 Å². The van der Waals surface area contributed by atoms with Gasteiger partial charge in [-0.3, -0.25) is 9.69 Å². The van der Waals surface area contributed by atoms with E-state index in [1.807, 2.05) is 25.1 Å². The summed E-state index contributed by atoms with van der Waals surface area (Å²) in [7, 11) is 1.63. The summed E-state index contributed by atoms with van der Waals surface area (Å²) < 4.78 is 10.9. The molecule has 0 bridgehead atoms. The van der Waals surface area contributed by atoms with Crippen molar-refractivity contribution in [2.45, 2.75) is 45.9 Å². The van der Waals surface area contributed by atoms with Gasteiger partial charge >= 0.3 is 0 Å². The van der Waals surface area contributed by atoms with E-state index < -0.39 is 0 Å². The Balaban J connectivity index is 1.47. The first kappa shape index (κ1) is 22.3. The minimum atomic E-state index is -0.0393. The molecule has 1 aliphatic heterocycles. The minimum absolute atomic E-state index is 0.0393. The van der Waals surface area contributed by atoms with Crippen LogP contribution < -0.4 is 10.1 Å². The van der Waals surface area contributed by atoms with Crippen LogP contribution in [0.2, 0.25) is 0 Å². The summed E-state index contributed by atoms with van der Waals surface area (Å²) in [6.07, 6.45) is 2.19. The molecule has 5 heteroatoms. The van der Waals surface area contributed by atoms with Crippen LogP contribution in [0.1, 0.15) is 48.2 Å². The van der Waals surface area contributed by atoms with Gasteiger partial charge in [0.15, 0.2) is 0 Å². The quantitative estimate of drug-likeness (QED) is 0.636. The van der Waals surface area contributed by atoms with Gasteiger partial charge in [0.25, 0.3) is 5.91 Å². The van der Waals surface area contributed by atoms with Gasteiger partial charge in [0.1, 0.15) is 5.75 Å². The standard InChI is InChI=1S/C25H34N2O3/c1-4-30-18-23-15-22(10-11-24(23)29-3)25(28)26-13-12-21-14-19(2)27(17-21)16-20-8-6-5-7-9-20/h5-11,15,19,21H,4,12-14,16-18H2,1-3H3,(H,26,28)/t19-,21+/m1/s1. The van der Waals surface area contributed by atoms with Gasteiger partial charge in [-0.15, -0.1) is 0 Å². The highest BCUT2D eigenvalue weighted by atomic mass is 16.5. The second-order valence-corrected chi connectivity index (χ2v) is 8.07. The zero-order chi connectivity index (χ0) is 21.3. The molecule has 5 nitrogen and oxygen atoms in total. The number of carbonyl (C=O) groups is 1. The van der Waals surface area contributed by atoms with Gasteiger partial charge < -0.3 is 14.8 Å². The molecule has 162 valence electrons. The molecule has 1 heterocycles. The number of ether oxygens (including phenoxy) is 2. The van der Waals surface area contributed by atoms with E-state index in [0.29, 0.717) is 37.3 Å². The Hall–Kier alpha value is -2.37. The van der Waals surface area contributed by atoms with Gasteiger partial charge in [-0.25, -0.2) is 0 Å². The van der Waals surface area contributed by atoms with Crippen molar-refractivity contribution in [1.29, 1.82) is 0 Å². The van der Waals surface area contributed by atoms with Gasteiger partial charge in [0.05, 0.1) is 13.7 Å². The van der Waals surface area contributed by atoms with Crippen molar-refractivity contribution in [3.8, 4) is 5.75 Å². The number of rotatable bonds is 10. The third-order valence-electron chi connectivity index (χ3n) is 5.86. The van der Waals surface area contributed by atoms with Crippen LogP contribution in [-0.2, 0) is 17.9 Å². The van der Waals surface area contributed by atoms with Crippen LogP contribution in [0.3, 0.4) is 0 Å². The molecule has 0 saturated carbocycles. The van der Waals surface area contributed by atoms with E-state index in [4.69, 9.17) is 9.47 Å². The zero-order valence-corrected chi connectivity index (χ0v) is 18.4. The third kappa shape index (κ3) is 6.07. The second kappa shape index (κ2) is 11.1. The number of amides is 1. The molecule has 0 aromatic heterocycles. The first-order chi connectivity index (χ1) is 14.6. The molecular formula is C25H34N2O3. The molecule has 0 unspecified atom stereocenters. The Morgan fingerprint density at radius 2 is 2.00 bits per heavy atom. The number of benzene rings is 2. The Morgan fingerprint density at radius 1 is 1.20 bits per heavy atom. The van der Waals surface area contributed by atoms with Crippen LogP contribution in [0.4, 0.5) is 0 Å². The van der Waals surface area contributed by atoms with Crippen LogP contribution in [0, 0.1) is 5.92 Å². The molecule has 2 atom stereocenters. The topological polar surface area (TPSA) is 50.8 Å². The first-order valence-electron chi connectivity index (χ1n) is 10.9. The third-order valence-corrected chi connectivity index (χ3v) is 5.86. The summed E-state index contributed by atoms with van der Waals surface area (Å²) >= 11 is 0. The average molecular weight is 411 g/mol. The maximum Gasteiger partial charge on any atom is 0.251 e. The summed E-state index contributed by atoms with van der Waals surface area (Å²) in [5, 5.41) is 3.09. The number of likely N-dealkylation sites (tertiary alicyclic amines) is 1. The molecule has 0 radical (unpaired) electrons. The highest BCUT2D eigenvalue weighted by molar-refractivity contribution is 5.94. The van der Waals surface area contributed by atoms with Crippen molar-refractivity contribution in [3.63, 3.8) is 0 Å². The van der Waals surface area contributed by atoms with Gasteiger partial charge in [0.2, 0.25) is 0 Å². The van der Waals surface area contributed by atoms with E-state index >= 15 is 0 Å². The smallest absolute Gasteiger partial charge is 0.251 e. The van der Waals surface area contributed by atoms with Crippen molar-refractivity contribution in [1.82, 2.24) is 10.2 Å². The van der Waals surface area contributed by atoms with E-state index in [0.717, 1.165) is 30.8 Å². The number of nitrogens with zero attached hydrogens (tertiary/aromatic N) is 1. The minimum Gasteiger partial charge on any atom is -0.496 e. The number of carbonyl (C=O) groups excluding carboxylic acids is 1. The SMILES string of the molecule is CCOCc1cc(C(=O)NCC[C@H]2C[C@@H](C)N(Cc3ccccc3)C2)ccc1OC. The summed E-state index contributed by atoms with van der Waals surface area (Å²) in [5.41, 5.74) is 2.91. The van der Waals surface area contributed by atoms with Crippen molar-refractivity contribution in [2.24, 2.45) is 5.92 Å². The Kier molecular flexibility index (Phi) is 8.29. The van der Waals surface area contributed by atoms with Crippen LogP contribution in [0.5, 0.6) is 5.75 Å². The fourth-order valence-electron chi connectivity index (χ4n) is 4.20. The maximum atomic E-state index is 12.6. The molecule has 1 amide bonds. The number of methoxy groups -OCH3 is 1. The predicted octanol–water partition coefficient (Wildman–Crippen LogP) is 4.26. The van der Waals surface area contributed by atoms with Gasteiger partial charge in [0, 0.05) is 43.4 Å². The molecule has 3 rings (SSSR count). The van der Waals surface area contributed by atoms with E-state index in [9.17, 15) is 4.79 Å². The highest BCUT2D eigenvalue weighted by Gasteiger charge is 2.28. The van der Waals surface area contributed by atoms with Crippen LogP contribution >= 0.6 is 0 Å². The van der Waals surface area contributed by atoms with E-state index in [1.165, 1.54) is 12.0 Å². The molecular weight excluding hydrogens is 376 g/mol. The predicted molar refractivity (Wildman–Crippen MR) is 120 cm³/mol. The van der Waals surface area contributed by atoms with Crippen molar-refractivity contribution < 1.29 is 14.3 Å². The van der Waals surface area contributed by atoms with Crippen molar-refractivity contribution in [3.05, 3.63) is 65.2 Å². The highest BCUT2D eigenvalue weighted by Crippen LogP contribution is 2.27. The molecule has 0 spiro atoms. The Bertz CT molecular complexity index is 809. The lowest BCUT2D eigenvalue weighted by atomic mass is 10.0. The summed E-state index contributed by atoms with van der Waals surface area (Å²) in [6.45, 7) is 8.11. The summed E-state index contributed by atoms with van der Waals surface area (Å²) in [4.78, 5) is 15.2. The van der Waals surface area contributed by atoms with Gasteiger partial charge in [-0.2, -0.15) is 0 Å². The van der Waals surface area contributed by atoms with Crippen molar-refractivity contribution in [2.75, 3.05) is 26.8 Å². The molecule has 1 fully saturated rings. The fraction of sp³-hybridized carbons (Fsp3) is 0.480. The summed E-state index contributed by atoms with van der Waals surface area (Å²) in [5.74, 6) is 1.33. The Labute approximate surface area is 180 Å². The number of nitrogens with one attached hydrogen (secondary N) is 1. The van der Waals surface area contributed by atoms with Crippen molar-refractivity contribution >= 4 is 5.91 Å². The lowest BCUT2D eigenvalue weighted by Crippen LogP contribution is -2.28. The maximum absolute atomic E-state index is 12.6. The molecule has 0 aliphatic carbocycles. The monoisotopic (exact) mass is 410 g/mol. The average Bonchev–Trinajstić information content (AvgIpc) is 3.11. The largest absolute Gasteiger partial charge is 0.496 e. The Morgan fingerprint density at radius 3 is 2.73 bits per heavy atom. The van der Waals surface area contributed by atoms with Crippen LogP contribution in [-0.4, -0.2) is 43.7 Å². The van der Waals surface area contributed by atoms with Gasteiger partial charge in [-0.1, -0.05) is 30.3 Å². The number of hydrogen-bond acceptors (Lipinski definition) is 4. The molecule has 30 heavy (non-hydrogen) atoms. The zero-order valence-electron chi connectivity index (χ0n) is 18.4. The second-order valence-electron chi connectivity index (χ2n) is 8.07. The number of hydrogen-bond donors (Lipinski definition) is 1. The lowest BCUT2D eigenvalue weighted by Gasteiger charge is -2.21. The molecule has 2 aromatic carbocycles. The molecule has 2 aromatic rings. The molecule has 1 saturated heterocycles. The molecule has 1 N–H and O–H groups in total. The first-order valence-corrected chi connectivity index (χ1v) is 10.9. The molecule has 1 aliphatic rings.